The molecule has 0 aromatic heterocycles. The van der Waals surface area contributed by atoms with Crippen molar-refractivity contribution < 1.29 is 9.59 Å². The Hall–Kier alpha value is -1.44. The molecule has 4 unspecified atom stereocenters. The van der Waals surface area contributed by atoms with Crippen LogP contribution >= 0.6 is 0 Å². The summed E-state index contributed by atoms with van der Waals surface area (Å²) in [5, 5.41) is 0. The molecule has 166 valence electrons. The summed E-state index contributed by atoms with van der Waals surface area (Å²) in [7, 11) is 0. The van der Waals surface area contributed by atoms with E-state index in [4.69, 9.17) is 0 Å². The van der Waals surface area contributed by atoms with Crippen LogP contribution < -0.4 is 0 Å². The zero-order chi connectivity index (χ0) is 22.3. The van der Waals surface area contributed by atoms with E-state index in [-0.39, 0.29) is 16.2 Å². The van der Waals surface area contributed by atoms with Crippen LogP contribution in [0.5, 0.6) is 0 Å². The van der Waals surface area contributed by atoms with Crippen molar-refractivity contribution in [1.29, 1.82) is 0 Å². The number of aryl methyl sites for hydroxylation is 1. The average Bonchev–Trinajstić information content (AvgIpc) is 2.72. The molecule has 2 aliphatic carbocycles. The molecule has 30 heavy (non-hydrogen) atoms. The molecule has 0 aliphatic heterocycles. The van der Waals surface area contributed by atoms with Gasteiger partial charge in [0.25, 0.3) is 0 Å². The fraction of sp³-hybridized carbons (Fsp3) is 0.714. The summed E-state index contributed by atoms with van der Waals surface area (Å²) >= 11 is 0. The first kappa shape index (κ1) is 23.2. The van der Waals surface area contributed by atoms with Crippen LogP contribution in [0.1, 0.15) is 126 Å². The third kappa shape index (κ3) is 3.59. The normalized spacial score (nSPS) is 30.3. The number of carbonyl (C=O) groups is 2. The highest BCUT2D eigenvalue weighted by Crippen LogP contribution is 2.57. The Morgan fingerprint density at radius 1 is 1.23 bits per heavy atom. The summed E-state index contributed by atoms with van der Waals surface area (Å²) in [6.45, 7) is 15.4. The molecule has 2 nitrogen and oxygen atoms in total. The lowest BCUT2D eigenvalue weighted by Gasteiger charge is -2.53. The van der Waals surface area contributed by atoms with E-state index in [0.29, 0.717) is 17.6 Å². The van der Waals surface area contributed by atoms with Gasteiger partial charge < -0.3 is 4.79 Å². The molecule has 0 radical (unpaired) electrons. The zero-order valence-electron chi connectivity index (χ0n) is 20.4. The standard InChI is InChI=1S/C28H42O2/c1-8-13-26(5,9-2)25(30)22-17-23-20(16-21(22)19(3)4)11-12-24-27(6,18-29)14-10-15-28(23,24)7/h16-19,24H,8-15H2,1-7H3. The van der Waals surface area contributed by atoms with Crippen molar-refractivity contribution in [2.45, 2.75) is 111 Å². The van der Waals surface area contributed by atoms with Crippen LogP contribution in [0, 0.1) is 16.7 Å². The molecule has 0 saturated heterocycles. The summed E-state index contributed by atoms with van der Waals surface area (Å²) in [4.78, 5) is 26.0. The van der Waals surface area contributed by atoms with Crippen LogP contribution in [-0.2, 0) is 16.6 Å². The molecule has 1 saturated carbocycles. The van der Waals surface area contributed by atoms with Crippen molar-refractivity contribution in [3.63, 3.8) is 0 Å². The second-order valence-corrected chi connectivity index (χ2v) is 11.2. The second kappa shape index (κ2) is 8.24. The molecule has 3 rings (SSSR count). The Morgan fingerprint density at radius 2 is 1.93 bits per heavy atom. The molecule has 2 aliphatic rings. The third-order valence-corrected chi connectivity index (χ3v) is 8.84. The zero-order valence-corrected chi connectivity index (χ0v) is 20.4. The van der Waals surface area contributed by atoms with E-state index in [1.54, 1.807) is 0 Å². The molecule has 0 spiro atoms. The van der Waals surface area contributed by atoms with Crippen molar-refractivity contribution in [2.75, 3.05) is 0 Å². The average molecular weight is 411 g/mol. The summed E-state index contributed by atoms with van der Waals surface area (Å²) in [5.74, 6) is 1.01. The van der Waals surface area contributed by atoms with Crippen molar-refractivity contribution in [3.8, 4) is 0 Å². The number of benzene rings is 1. The molecule has 1 aromatic rings. The van der Waals surface area contributed by atoms with Gasteiger partial charge in [-0.3, -0.25) is 4.79 Å². The Kier molecular flexibility index (Phi) is 6.38. The molecule has 0 amide bonds. The Balaban J connectivity index is 2.18. The molecule has 0 N–H and O–H groups in total. The smallest absolute Gasteiger partial charge is 0.169 e. The van der Waals surface area contributed by atoms with Crippen molar-refractivity contribution in [3.05, 3.63) is 34.4 Å². The van der Waals surface area contributed by atoms with E-state index in [1.165, 1.54) is 23.0 Å². The third-order valence-electron chi connectivity index (χ3n) is 8.84. The molecular weight excluding hydrogens is 368 g/mol. The minimum absolute atomic E-state index is 0.0145. The van der Waals surface area contributed by atoms with Gasteiger partial charge in [-0.05, 0) is 78.5 Å². The minimum atomic E-state index is -0.300. The van der Waals surface area contributed by atoms with Gasteiger partial charge in [0, 0.05) is 16.4 Å². The summed E-state index contributed by atoms with van der Waals surface area (Å²) in [5.41, 5.74) is 4.37. The van der Waals surface area contributed by atoms with Gasteiger partial charge in [0.05, 0.1) is 0 Å². The fourth-order valence-electron chi connectivity index (χ4n) is 6.73. The number of hydrogen-bond acceptors (Lipinski definition) is 2. The summed E-state index contributed by atoms with van der Waals surface area (Å²) < 4.78 is 0. The van der Waals surface area contributed by atoms with Crippen LogP contribution in [0.3, 0.4) is 0 Å². The van der Waals surface area contributed by atoms with Crippen molar-refractivity contribution in [2.24, 2.45) is 16.7 Å². The molecule has 4 atom stereocenters. The Bertz CT molecular complexity index is 822. The summed E-state index contributed by atoms with van der Waals surface area (Å²) in [6.07, 6.45) is 9.34. The lowest BCUT2D eigenvalue weighted by molar-refractivity contribution is -0.123. The van der Waals surface area contributed by atoms with Crippen LogP contribution in [0.25, 0.3) is 0 Å². The topological polar surface area (TPSA) is 34.1 Å². The summed E-state index contributed by atoms with van der Waals surface area (Å²) in [6, 6.07) is 4.63. The van der Waals surface area contributed by atoms with E-state index >= 15 is 0 Å². The number of rotatable bonds is 7. The quantitative estimate of drug-likeness (QED) is 0.346. The van der Waals surface area contributed by atoms with Crippen LogP contribution in [0.15, 0.2) is 12.1 Å². The van der Waals surface area contributed by atoms with E-state index in [0.717, 1.165) is 56.9 Å². The number of ketones is 1. The van der Waals surface area contributed by atoms with E-state index < -0.39 is 0 Å². The number of aldehydes is 1. The van der Waals surface area contributed by atoms with Gasteiger partial charge in [-0.25, -0.2) is 0 Å². The van der Waals surface area contributed by atoms with Gasteiger partial charge in [0.2, 0.25) is 0 Å². The maximum Gasteiger partial charge on any atom is 0.169 e. The van der Waals surface area contributed by atoms with Gasteiger partial charge in [-0.1, -0.05) is 67.4 Å². The number of fused-ring (bicyclic) bond motifs is 3. The maximum atomic E-state index is 13.9. The predicted octanol–water partition coefficient (Wildman–Crippen LogP) is 7.42. The Morgan fingerprint density at radius 3 is 2.50 bits per heavy atom. The van der Waals surface area contributed by atoms with Crippen LogP contribution in [0.4, 0.5) is 0 Å². The number of carbonyl (C=O) groups excluding carboxylic acids is 2. The first-order valence-corrected chi connectivity index (χ1v) is 12.2. The number of hydrogen-bond donors (Lipinski definition) is 0. The highest BCUT2D eigenvalue weighted by Gasteiger charge is 2.52. The lowest BCUT2D eigenvalue weighted by atomic mass is 9.50. The van der Waals surface area contributed by atoms with Gasteiger partial charge in [0.15, 0.2) is 5.78 Å². The largest absolute Gasteiger partial charge is 0.303 e. The van der Waals surface area contributed by atoms with Crippen molar-refractivity contribution >= 4 is 12.1 Å². The number of Topliss-reactive ketones (excluding diaryl/α,β-unsaturated/α-hetero) is 1. The van der Waals surface area contributed by atoms with E-state index in [9.17, 15) is 9.59 Å². The fourth-order valence-corrected chi connectivity index (χ4v) is 6.73. The van der Waals surface area contributed by atoms with Gasteiger partial charge in [0.1, 0.15) is 6.29 Å². The first-order valence-electron chi connectivity index (χ1n) is 12.2. The lowest BCUT2D eigenvalue weighted by Crippen LogP contribution is -2.50. The molecule has 0 heterocycles. The van der Waals surface area contributed by atoms with Crippen LogP contribution in [-0.4, -0.2) is 12.1 Å². The van der Waals surface area contributed by atoms with Crippen molar-refractivity contribution in [1.82, 2.24) is 0 Å². The van der Waals surface area contributed by atoms with E-state index in [1.807, 2.05) is 0 Å². The van der Waals surface area contributed by atoms with Gasteiger partial charge in [-0.15, -0.1) is 0 Å². The van der Waals surface area contributed by atoms with Gasteiger partial charge >= 0.3 is 0 Å². The van der Waals surface area contributed by atoms with Gasteiger partial charge in [-0.2, -0.15) is 0 Å². The predicted molar refractivity (Wildman–Crippen MR) is 125 cm³/mol. The molecule has 1 fully saturated rings. The molecule has 1 aromatic carbocycles. The first-order chi connectivity index (χ1) is 14.1. The van der Waals surface area contributed by atoms with Crippen LogP contribution in [0.2, 0.25) is 0 Å². The monoisotopic (exact) mass is 410 g/mol. The highest BCUT2D eigenvalue weighted by molar-refractivity contribution is 6.02. The highest BCUT2D eigenvalue weighted by atomic mass is 16.1. The molecule has 2 heteroatoms. The van der Waals surface area contributed by atoms with E-state index in [2.05, 4.69) is 60.6 Å². The second-order valence-electron chi connectivity index (χ2n) is 11.2. The minimum Gasteiger partial charge on any atom is -0.303 e. The SMILES string of the molecule is CCCC(C)(CC)C(=O)c1cc2c(cc1C(C)C)CCC1C(C)(C=O)CCCC21C. The molecular formula is C28H42O2. The molecule has 0 bridgehead atoms. The Labute approximate surface area is 184 Å². The maximum absolute atomic E-state index is 13.9.